The molecule has 0 unspecified atom stereocenters. The third-order valence-corrected chi connectivity index (χ3v) is 5.29. The molecule has 0 aromatic heterocycles. The van der Waals surface area contributed by atoms with Gasteiger partial charge in [0, 0.05) is 32.4 Å². The number of hydrogen-bond acceptors (Lipinski definition) is 5. The van der Waals surface area contributed by atoms with Crippen molar-refractivity contribution in [3.63, 3.8) is 0 Å². The summed E-state index contributed by atoms with van der Waals surface area (Å²) in [5.41, 5.74) is 1.56. The number of carbonyl (C=O) groups is 2. The zero-order valence-corrected chi connectivity index (χ0v) is 17.2. The van der Waals surface area contributed by atoms with Crippen LogP contribution in [0.1, 0.15) is 20.7 Å². The molecule has 2 rings (SSSR count). The number of hydrogen-bond donors (Lipinski definition) is 1. The van der Waals surface area contributed by atoms with Crippen molar-refractivity contribution in [1.29, 1.82) is 0 Å². The summed E-state index contributed by atoms with van der Waals surface area (Å²) >= 11 is 0. The van der Waals surface area contributed by atoms with E-state index >= 15 is 0 Å². The van der Waals surface area contributed by atoms with Crippen LogP contribution in [0, 0.1) is 0 Å². The molecule has 2 aromatic carbocycles. The normalized spacial score (nSPS) is 10.9. The minimum absolute atomic E-state index is 0.249. The van der Waals surface area contributed by atoms with E-state index in [4.69, 9.17) is 4.74 Å². The fourth-order valence-electron chi connectivity index (χ4n) is 2.41. The topological polar surface area (TPSA) is 96.0 Å². The van der Waals surface area contributed by atoms with E-state index in [0.29, 0.717) is 28.3 Å². The maximum atomic E-state index is 12.5. The zero-order valence-electron chi connectivity index (χ0n) is 16.4. The number of ether oxygens (including phenoxy) is 1. The van der Waals surface area contributed by atoms with Crippen LogP contribution in [0.3, 0.4) is 0 Å². The molecule has 0 atom stereocenters. The van der Waals surface area contributed by atoms with Gasteiger partial charge in [-0.1, -0.05) is 0 Å². The minimum atomic E-state index is -3.38. The highest BCUT2D eigenvalue weighted by molar-refractivity contribution is 7.92. The molecule has 0 bridgehead atoms. The lowest BCUT2D eigenvalue weighted by molar-refractivity contribution is 0.0824. The molecule has 8 nitrogen and oxygen atoms in total. The fraction of sp³-hybridized carbons (Fsp3) is 0.263. The Kier molecular flexibility index (Phi) is 6.30. The standard InChI is InChI=1S/C19H23N3O5S/c1-21(2)19(24)16-12-14(8-11-17(16)27-4)20-18(23)13-6-9-15(10-7-13)22(3)28(5,25)26/h6-12H,1-5H3,(H,20,23). The Hall–Kier alpha value is -3.07. The molecule has 2 amide bonds. The molecule has 28 heavy (non-hydrogen) atoms. The maximum absolute atomic E-state index is 12.5. The molecule has 1 N–H and O–H groups in total. The van der Waals surface area contributed by atoms with Gasteiger partial charge in [-0.2, -0.15) is 0 Å². The Morgan fingerprint density at radius 1 is 1.00 bits per heavy atom. The lowest BCUT2D eigenvalue weighted by Gasteiger charge is -2.17. The predicted octanol–water partition coefficient (Wildman–Crippen LogP) is 2.05. The number of nitrogens with one attached hydrogen (secondary N) is 1. The Labute approximate surface area is 164 Å². The molecule has 0 radical (unpaired) electrons. The van der Waals surface area contributed by atoms with Crippen LogP contribution in [0.5, 0.6) is 5.75 Å². The van der Waals surface area contributed by atoms with E-state index < -0.39 is 10.0 Å². The van der Waals surface area contributed by atoms with Gasteiger partial charge in [0.05, 0.1) is 24.6 Å². The summed E-state index contributed by atoms with van der Waals surface area (Å²) in [5, 5.41) is 2.73. The summed E-state index contributed by atoms with van der Waals surface area (Å²) in [6.07, 6.45) is 1.10. The highest BCUT2D eigenvalue weighted by atomic mass is 32.2. The van der Waals surface area contributed by atoms with Crippen molar-refractivity contribution in [1.82, 2.24) is 4.90 Å². The van der Waals surface area contributed by atoms with Gasteiger partial charge in [0.2, 0.25) is 10.0 Å². The van der Waals surface area contributed by atoms with Crippen LogP contribution in [0.15, 0.2) is 42.5 Å². The van der Waals surface area contributed by atoms with Crippen LogP contribution >= 0.6 is 0 Å². The first-order valence-corrected chi connectivity index (χ1v) is 10.1. The summed E-state index contributed by atoms with van der Waals surface area (Å²) in [6.45, 7) is 0. The van der Waals surface area contributed by atoms with Gasteiger partial charge >= 0.3 is 0 Å². The van der Waals surface area contributed by atoms with Gasteiger partial charge in [-0.25, -0.2) is 8.42 Å². The van der Waals surface area contributed by atoms with Crippen molar-refractivity contribution in [3.8, 4) is 5.75 Å². The van der Waals surface area contributed by atoms with E-state index in [-0.39, 0.29) is 11.8 Å². The first-order chi connectivity index (χ1) is 13.0. The number of sulfonamides is 1. The van der Waals surface area contributed by atoms with Crippen molar-refractivity contribution in [2.45, 2.75) is 0 Å². The van der Waals surface area contributed by atoms with Crippen molar-refractivity contribution < 1.29 is 22.7 Å². The summed E-state index contributed by atoms with van der Waals surface area (Å²) in [6, 6.07) is 10.9. The van der Waals surface area contributed by atoms with Crippen LogP contribution in [0.2, 0.25) is 0 Å². The van der Waals surface area contributed by atoms with Crippen molar-refractivity contribution in [2.75, 3.05) is 44.1 Å². The second-order valence-corrected chi connectivity index (χ2v) is 8.36. The monoisotopic (exact) mass is 405 g/mol. The van der Waals surface area contributed by atoms with Gasteiger partial charge in [-0.15, -0.1) is 0 Å². The van der Waals surface area contributed by atoms with E-state index in [2.05, 4.69) is 5.32 Å². The Morgan fingerprint density at radius 3 is 2.11 bits per heavy atom. The number of rotatable bonds is 6. The van der Waals surface area contributed by atoms with Crippen LogP contribution in [-0.2, 0) is 10.0 Å². The molecule has 0 aliphatic rings. The molecule has 0 aliphatic carbocycles. The molecular weight excluding hydrogens is 382 g/mol. The number of methoxy groups -OCH3 is 1. The highest BCUT2D eigenvalue weighted by Gasteiger charge is 2.17. The number of amides is 2. The van der Waals surface area contributed by atoms with Crippen molar-refractivity contribution >= 4 is 33.2 Å². The van der Waals surface area contributed by atoms with Crippen LogP contribution in [-0.4, -0.2) is 59.6 Å². The fourth-order valence-corrected chi connectivity index (χ4v) is 2.92. The van der Waals surface area contributed by atoms with Crippen LogP contribution in [0.25, 0.3) is 0 Å². The first-order valence-electron chi connectivity index (χ1n) is 8.29. The third kappa shape index (κ3) is 4.80. The smallest absolute Gasteiger partial charge is 0.257 e. The lowest BCUT2D eigenvalue weighted by atomic mass is 10.1. The second kappa shape index (κ2) is 8.30. The van der Waals surface area contributed by atoms with E-state index in [1.54, 1.807) is 44.4 Å². The third-order valence-electron chi connectivity index (χ3n) is 4.08. The highest BCUT2D eigenvalue weighted by Crippen LogP contribution is 2.24. The Balaban J connectivity index is 2.23. The van der Waals surface area contributed by atoms with Crippen molar-refractivity contribution in [3.05, 3.63) is 53.6 Å². The summed E-state index contributed by atoms with van der Waals surface area (Å²) in [7, 11) is 2.78. The predicted molar refractivity (Wildman–Crippen MR) is 109 cm³/mol. The summed E-state index contributed by atoms with van der Waals surface area (Å²) < 4.78 is 29.5. The van der Waals surface area contributed by atoms with Gasteiger partial charge < -0.3 is 15.0 Å². The van der Waals surface area contributed by atoms with E-state index in [1.165, 1.54) is 31.2 Å². The molecule has 0 saturated heterocycles. The quantitative estimate of drug-likeness (QED) is 0.793. The molecular formula is C19H23N3O5S. The van der Waals surface area contributed by atoms with E-state index in [9.17, 15) is 18.0 Å². The van der Waals surface area contributed by atoms with E-state index in [1.807, 2.05) is 0 Å². The van der Waals surface area contributed by atoms with Crippen LogP contribution < -0.4 is 14.4 Å². The average Bonchev–Trinajstić information content (AvgIpc) is 2.66. The minimum Gasteiger partial charge on any atom is -0.496 e. The molecule has 0 spiro atoms. The molecule has 150 valence electrons. The lowest BCUT2D eigenvalue weighted by Crippen LogP contribution is -2.24. The SMILES string of the molecule is COc1ccc(NC(=O)c2ccc(N(C)S(C)(=O)=O)cc2)cc1C(=O)N(C)C. The number of carbonyl (C=O) groups excluding carboxylic acids is 2. The van der Waals surface area contributed by atoms with Gasteiger partial charge in [-0.3, -0.25) is 13.9 Å². The largest absolute Gasteiger partial charge is 0.496 e. The van der Waals surface area contributed by atoms with Gasteiger partial charge in [0.15, 0.2) is 0 Å². The molecule has 0 saturated carbocycles. The summed E-state index contributed by atoms with van der Waals surface area (Å²) in [4.78, 5) is 26.2. The van der Waals surface area contributed by atoms with Crippen LogP contribution in [0.4, 0.5) is 11.4 Å². The van der Waals surface area contributed by atoms with E-state index in [0.717, 1.165) is 10.6 Å². The maximum Gasteiger partial charge on any atom is 0.257 e. The zero-order chi connectivity index (χ0) is 21.1. The average molecular weight is 405 g/mol. The van der Waals surface area contributed by atoms with Gasteiger partial charge in [0.25, 0.3) is 11.8 Å². The summed E-state index contributed by atoms with van der Waals surface area (Å²) in [5.74, 6) is -0.229. The van der Waals surface area contributed by atoms with Gasteiger partial charge in [0.1, 0.15) is 5.75 Å². The number of benzene rings is 2. The Morgan fingerprint density at radius 2 is 1.61 bits per heavy atom. The van der Waals surface area contributed by atoms with Gasteiger partial charge in [-0.05, 0) is 42.5 Å². The second-order valence-electron chi connectivity index (χ2n) is 6.35. The first kappa shape index (κ1) is 21.2. The number of nitrogens with zero attached hydrogens (tertiary/aromatic N) is 2. The molecule has 0 fully saturated rings. The number of anilines is 2. The molecule has 0 heterocycles. The molecule has 2 aromatic rings. The molecule has 9 heteroatoms. The Bertz CT molecular complexity index is 985. The molecule has 0 aliphatic heterocycles. The van der Waals surface area contributed by atoms with Crippen molar-refractivity contribution in [2.24, 2.45) is 0 Å².